The van der Waals surface area contributed by atoms with Crippen molar-refractivity contribution in [3.8, 4) is 91.3 Å². The number of halogens is 2. The van der Waals surface area contributed by atoms with Crippen molar-refractivity contribution in [3.63, 3.8) is 0 Å². The molecule has 0 bridgehead atoms. The molecule has 0 spiro atoms. The average Bonchev–Trinajstić information content (AvgIpc) is 1.73. The highest BCUT2D eigenvalue weighted by Gasteiger charge is 2.26. The van der Waals surface area contributed by atoms with Gasteiger partial charge in [0.25, 0.3) is 0 Å². The quantitative estimate of drug-likeness (QED) is 0.0624. The second-order valence-corrected chi connectivity index (χ2v) is 22.1. The smallest absolute Gasteiger partial charge is 0.354 e. The van der Waals surface area contributed by atoms with Gasteiger partial charge in [0, 0.05) is 83.1 Å². The average molecular weight is 1500 g/mol. The first-order chi connectivity index (χ1) is 50.9. The zero-order chi connectivity index (χ0) is 78.7. The summed E-state index contributed by atoms with van der Waals surface area (Å²) in [5.74, 6) is -4.07. The maximum atomic E-state index is 13.8. The highest BCUT2D eigenvalue weighted by molar-refractivity contribution is 6.33. The first kappa shape index (κ1) is 80.8. The van der Waals surface area contributed by atoms with E-state index in [1.165, 1.54) is 128 Å². The topological polar surface area (TPSA) is 522 Å². The van der Waals surface area contributed by atoms with E-state index in [4.69, 9.17) is 56.1 Å². The Balaban J connectivity index is 0.000000179. The number of aliphatic hydroxyl groups is 3. The number of hydrogen-bond acceptors (Lipinski definition) is 31. The van der Waals surface area contributed by atoms with E-state index < -0.39 is 55.1 Å². The number of methoxy groups -OCH3 is 4. The number of nitrogens with zero attached hydrogens (tertiary/aromatic N) is 24. The van der Waals surface area contributed by atoms with E-state index in [0.717, 1.165) is 16.1 Å². The maximum Gasteiger partial charge on any atom is 0.354 e. The molecule has 12 aromatic heterocycles. The predicted molar refractivity (Wildman–Crippen MR) is 371 cm³/mol. The fourth-order valence-corrected chi connectivity index (χ4v) is 9.86. The van der Waals surface area contributed by atoms with E-state index in [1.807, 2.05) is 13.8 Å². The summed E-state index contributed by atoms with van der Waals surface area (Å²) in [4.78, 5) is 116. The van der Waals surface area contributed by atoms with Crippen molar-refractivity contribution in [1.82, 2.24) is 118 Å². The summed E-state index contributed by atoms with van der Waals surface area (Å²) in [6.07, 6.45) is 14.2. The number of carbonyl (C=O) groups is 6. The number of carbonyl (C=O) groups excluding carboxylic acids is 3. The third-order valence-corrected chi connectivity index (χ3v) is 14.9. The summed E-state index contributed by atoms with van der Waals surface area (Å²) in [5, 5.41) is 78.2. The molecule has 0 saturated heterocycles. The van der Waals surface area contributed by atoms with Gasteiger partial charge < -0.3 is 49.6 Å². The fourth-order valence-electron chi connectivity index (χ4n) is 9.67. The third-order valence-electron chi connectivity index (χ3n) is 14.7. The van der Waals surface area contributed by atoms with Crippen molar-refractivity contribution >= 4 is 46.9 Å². The molecule has 0 fully saturated rings. The lowest BCUT2D eigenvalue weighted by molar-refractivity contribution is 0.0675. The molecule has 0 atom stereocenters. The van der Waals surface area contributed by atoms with Crippen LogP contribution < -0.4 is 18.9 Å². The molecule has 558 valence electrons. The Labute approximate surface area is 609 Å². The lowest BCUT2D eigenvalue weighted by atomic mass is 10.1. The van der Waals surface area contributed by atoms with E-state index in [0.29, 0.717) is 78.7 Å². The molecule has 42 heteroatoms. The SMILES string of the molecule is COc1cc(-c2cnn(C)c2C(=O)CO)nc(OC)n1.COc1cc(-c2cnn(C)c2C(=O)O)nc(OC)n1.Cc1cc(-c2cnn(C)c2C(=O)CO)ncn1.Cc1cc(-c2cnn(C)c2C(=O)O)ncn1.Cc1ncc(Cl)c(-c2cnn(C)c2C(=O)CO)n1.Cc1ncnc(-c2cnn(C)c2C(=O)O)c1F. The number of ether oxygens (including phenoxy) is 4. The van der Waals surface area contributed by atoms with Gasteiger partial charge in [-0.15, -0.1) is 0 Å². The first-order valence-electron chi connectivity index (χ1n) is 30.7. The number of aliphatic hydroxyl groups excluding tert-OH is 3. The molecule has 12 heterocycles. The van der Waals surface area contributed by atoms with Gasteiger partial charge in [-0.25, -0.2) is 58.6 Å². The largest absolute Gasteiger partial charge is 0.481 e. The normalized spacial score (nSPS) is 10.5. The maximum absolute atomic E-state index is 13.8. The molecule has 40 nitrogen and oxygen atoms in total. The molecule has 107 heavy (non-hydrogen) atoms. The number of Topliss-reactive ketones (excluding diaryl/α,β-unsaturated/α-hetero) is 3. The lowest BCUT2D eigenvalue weighted by Crippen LogP contribution is -2.12. The van der Waals surface area contributed by atoms with Crippen LogP contribution in [0.2, 0.25) is 5.02 Å². The molecule has 0 saturated carbocycles. The molecular weight excluding hydrogens is 1430 g/mol. The van der Waals surface area contributed by atoms with Crippen molar-refractivity contribution in [2.24, 2.45) is 42.3 Å². The molecule has 0 unspecified atom stereocenters. The Morgan fingerprint density at radius 1 is 0.393 bits per heavy atom. The van der Waals surface area contributed by atoms with E-state index >= 15 is 0 Å². The first-order valence-corrected chi connectivity index (χ1v) is 31.1. The number of aromatic carboxylic acids is 3. The Hall–Kier alpha value is -13.5. The molecule has 12 aromatic rings. The molecule has 0 aliphatic rings. The van der Waals surface area contributed by atoms with Crippen LogP contribution in [0.4, 0.5) is 4.39 Å². The zero-order valence-corrected chi connectivity index (χ0v) is 60.2. The summed E-state index contributed by atoms with van der Waals surface area (Å²) < 4.78 is 41.8. The van der Waals surface area contributed by atoms with Gasteiger partial charge in [0.1, 0.15) is 67.4 Å². The number of aryl methyl sites for hydroxylation is 10. The molecular formula is C65H68ClFN24O16. The van der Waals surface area contributed by atoms with E-state index in [9.17, 15) is 38.3 Å². The van der Waals surface area contributed by atoms with Crippen molar-refractivity contribution in [3.05, 3.63) is 155 Å². The van der Waals surface area contributed by atoms with E-state index in [1.54, 1.807) is 66.6 Å². The van der Waals surface area contributed by atoms with Gasteiger partial charge in [-0.05, 0) is 39.8 Å². The van der Waals surface area contributed by atoms with Gasteiger partial charge in [0.2, 0.25) is 29.1 Å². The van der Waals surface area contributed by atoms with Crippen LogP contribution in [0.25, 0.3) is 67.5 Å². The minimum atomic E-state index is -1.18. The van der Waals surface area contributed by atoms with Crippen LogP contribution in [0.3, 0.4) is 0 Å². The minimum Gasteiger partial charge on any atom is -0.481 e. The monoisotopic (exact) mass is 1490 g/mol. The van der Waals surface area contributed by atoms with Crippen molar-refractivity contribution < 1.29 is 82.7 Å². The van der Waals surface area contributed by atoms with E-state index in [2.05, 4.69) is 90.4 Å². The van der Waals surface area contributed by atoms with Gasteiger partial charge in [-0.1, -0.05) is 11.6 Å². The second kappa shape index (κ2) is 36.6. The van der Waals surface area contributed by atoms with Gasteiger partial charge >= 0.3 is 29.9 Å². The lowest BCUT2D eigenvalue weighted by Gasteiger charge is -2.07. The standard InChI is InChI=1S/C12H14N4O4.C11H11ClN4O2.C11H12N4O4.C11H12N4O2.C10H9FN4O2.C10H10N4O2/c1-16-11(9(18)6-17)7(5-13-16)8-4-10(19-2)15-12(14-8)20-3;1-6-13-4-8(12)10(15-6)7-3-14-16(2)11(7)9(18)5-17;1-15-9(10(16)17)6(5-12-15)7-4-8(18-2)14-11(13-7)19-3;1-7-3-9(13-6-12-7)8-4-14-15(2)11(8)10(17)5-16;1-5-7(11)8(13-4-12-5)6-3-14-15(2)9(6)10(16)17;1-6-3-8(12-5-11-6)7-4-13-14(2)9(7)10(15)16/h4-5,17H,6H2,1-3H3;3-4,17H,5H2,1-2H3;4-5H,1-3H3,(H,16,17);3-4,6,16H,5H2,1-2H3;3-4H,1-2H3,(H,16,17);3-5H,1-2H3,(H,15,16). The summed E-state index contributed by atoms with van der Waals surface area (Å²) in [6.45, 7) is 5.13. The number of aromatic nitrogens is 24. The van der Waals surface area contributed by atoms with Crippen molar-refractivity contribution in [2.75, 3.05) is 48.3 Å². The molecule has 12 rings (SSSR count). The number of hydrogen-bond donors (Lipinski definition) is 6. The molecule has 0 amide bonds. The highest BCUT2D eigenvalue weighted by atomic mass is 35.5. The van der Waals surface area contributed by atoms with E-state index in [-0.39, 0.29) is 69.1 Å². The fraction of sp³-hybridized carbons (Fsp3) is 0.262. The number of rotatable bonds is 19. The number of ketones is 3. The van der Waals surface area contributed by atoms with Gasteiger partial charge in [0.05, 0.1) is 127 Å². The van der Waals surface area contributed by atoms with Crippen LogP contribution in [-0.2, 0) is 42.3 Å². The Bertz CT molecular complexity index is 5180. The highest BCUT2D eigenvalue weighted by Crippen LogP contribution is 2.31. The number of carboxylic acid groups (broad SMARTS) is 3. The van der Waals surface area contributed by atoms with Crippen molar-refractivity contribution in [2.45, 2.75) is 27.7 Å². The summed E-state index contributed by atoms with van der Waals surface area (Å²) >= 11 is 6.02. The Kier molecular flexibility index (Phi) is 27.6. The Morgan fingerprint density at radius 3 is 1.08 bits per heavy atom. The van der Waals surface area contributed by atoms with Crippen LogP contribution in [-0.4, -0.2) is 233 Å². The molecule has 0 aliphatic carbocycles. The summed E-state index contributed by atoms with van der Waals surface area (Å²) in [6, 6.07) is 6.79. The summed E-state index contributed by atoms with van der Waals surface area (Å²) in [5.41, 5.74) is 7.65. The van der Waals surface area contributed by atoms with Gasteiger partial charge in [0.15, 0.2) is 22.9 Å². The Morgan fingerprint density at radius 2 is 0.720 bits per heavy atom. The third kappa shape index (κ3) is 19.4. The van der Waals surface area contributed by atoms with Crippen LogP contribution in [0.15, 0.2) is 86.6 Å². The zero-order valence-electron chi connectivity index (χ0n) is 59.5. The van der Waals surface area contributed by atoms with Crippen LogP contribution in [0, 0.1) is 33.5 Å². The van der Waals surface area contributed by atoms with Crippen molar-refractivity contribution in [1.29, 1.82) is 0 Å². The minimum absolute atomic E-state index is 0.0304. The number of carboxylic acids is 3. The van der Waals surface area contributed by atoms with Gasteiger partial charge in [-0.3, -0.25) is 42.5 Å². The van der Waals surface area contributed by atoms with Crippen LogP contribution >= 0.6 is 11.6 Å². The molecule has 6 N–H and O–H groups in total. The molecule has 0 aliphatic heterocycles. The molecule has 0 radical (unpaired) electrons. The second-order valence-electron chi connectivity index (χ2n) is 21.7. The molecule has 0 aromatic carbocycles. The van der Waals surface area contributed by atoms with Gasteiger partial charge in [-0.2, -0.15) is 50.5 Å². The van der Waals surface area contributed by atoms with Crippen LogP contribution in [0.1, 0.15) is 85.8 Å². The van der Waals surface area contributed by atoms with Crippen LogP contribution in [0.5, 0.6) is 23.8 Å². The summed E-state index contributed by atoms with van der Waals surface area (Å²) in [7, 11) is 15.3. The predicted octanol–water partition coefficient (Wildman–Crippen LogP) is 3.94.